The lowest BCUT2D eigenvalue weighted by Crippen LogP contribution is -2.52. The molecule has 0 fully saturated rings. The van der Waals surface area contributed by atoms with Crippen molar-refractivity contribution in [3.8, 4) is 5.75 Å². The van der Waals surface area contributed by atoms with E-state index < -0.39 is 29.6 Å². The van der Waals surface area contributed by atoms with Crippen molar-refractivity contribution in [1.82, 2.24) is 10.8 Å². The molecule has 2 aromatic carbocycles. The van der Waals surface area contributed by atoms with Crippen molar-refractivity contribution in [2.75, 3.05) is 18.6 Å². The molecule has 160 valence electrons. The number of urea groups is 1. The molecule has 3 N–H and O–H groups in total. The van der Waals surface area contributed by atoms with E-state index in [1.165, 1.54) is 17.5 Å². The highest BCUT2D eigenvalue weighted by atomic mass is 19.1. The Kier molecular flexibility index (Phi) is 8.30. The molecule has 2 rings (SSSR count). The van der Waals surface area contributed by atoms with Crippen LogP contribution in [0.5, 0.6) is 5.75 Å². The average Bonchev–Trinajstić information content (AvgIpc) is 2.73. The summed E-state index contributed by atoms with van der Waals surface area (Å²) in [7, 11) is 1.52. The topological polar surface area (TPSA) is 90.9 Å². The zero-order valence-corrected chi connectivity index (χ0v) is 16.4. The number of nitrogens with zero attached hydrogens (tertiary/aromatic N) is 1. The van der Waals surface area contributed by atoms with Gasteiger partial charge in [-0.05, 0) is 48.4 Å². The first-order chi connectivity index (χ1) is 14.4. The number of hydroxylamine groups is 1. The molecule has 0 spiro atoms. The Hall–Kier alpha value is -3.46. The van der Waals surface area contributed by atoms with Crippen LogP contribution in [0.2, 0.25) is 0 Å². The number of methoxy groups -OCH3 is 1. The summed E-state index contributed by atoms with van der Waals surface area (Å²) in [4.78, 5) is 26.4. The second-order valence-corrected chi connectivity index (χ2v) is 6.38. The third-order valence-corrected chi connectivity index (χ3v) is 4.27. The number of hydrogen-bond donors (Lipinski definition) is 3. The van der Waals surface area contributed by atoms with Crippen LogP contribution in [0.4, 0.5) is 19.3 Å². The van der Waals surface area contributed by atoms with Crippen molar-refractivity contribution in [3.63, 3.8) is 0 Å². The van der Waals surface area contributed by atoms with E-state index in [4.69, 9.17) is 9.94 Å². The third kappa shape index (κ3) is 6.28. The SMILES string of the molecule is C=CCCN(C(=O)[C@H](Cc1cc(F)cc(F)c1)NC(=O)NO)c1ccc(OC)cc1. The Morgan fingerprint density at radius 3 is 2.37 bits per heavy atom. The van der Waals surface area contributed by atoms with Gasteiger partial charge in [0.15, 0.2) is 0 Å². The molecular weight excluding hydrogens is 396 g/mol. The van der Waals surface area contributed by atoms with Gasteiger partial charge >= 0.3 is 6.03 Å². The van der Waals surface area contributed by atoms with E-state index in [0.29, 0.717) is 23.9 Å². The number of benzene rings is 2. The van der Waals surface area contributed by atoms with Crippen LogP contribution in [-0.2, 0) is 11.2 Å². The van der Waals surface area contributed by atoms with Gasteiger partial charge < -0.3 is 15.0 Å². The number of hydrogen-bond acceptors (Lipinski definition) is 4. The summed E-state index contributed by atoms with van der Waals surface area (Å²) in [6.45, 7) is 3.91. The zero-order valence-electron chi connectivity index (χ0n) is 16.4. The first kappa shape index (κ1) is 22.8. The Bertz CT molecular complexity index is 870. The van der Waals surface area contributed by atoms with Gasteiger partial charge in [0.2, 0.25) is 5.91 Å². The number of halogens is 2. The summed E-state index contributed by atoms with van der Waals surface area (Å²) < 4.78 is 32.3. The predicted octanol–water partition coefficient (Wildman–Crippen LogP) is 3.18. The lowest BCUT2D eigenvalue weighted by molar-refractivity contribution is -0.120. The quantitative estimate of drug-likeness (QED) is 0.331. The highest BCUT2D eigenvalue weighted by Crippen LogP contribution is 2.21. The molecule has 0 unspecified atom stereocenters. The van der Waals surface area contributed by atoms with Crippen LogP contribution in [0.1, 0.15) is 12.0 Å². The minimum absolute atomic E-state index is 0.169. The normalized spacial score (nSPS) is 11.3. The number of carbonyl (C=O) groups is 2. The minimum atomic E-state index is -1.20. The van der Waals surface area contributed by atoms with Gasteiger partial charge in [0.25, 0.3) is 0 Å². The monoisotopic (exact) mass is 419 g/mol. The molecule has 0 bridgehead atoms. The number of ether oxygens (including phenoxy) is 1. The molecule has 9 heteroatoms. The van der Waals surface area contributed by atoms with Crippen molar-refractivity contribution >= 4 is 17.6 Å². The molecule has 7 nitrogen and oxygen atoms in total. The van der Waals surface area contributed by atoms with Gasteiger partial charge in [-0.3, -0.25) is 10.0 Å². The molecule has 0 aliphatic rings. The average molecular weight is 419 g/mol. The van der Waals surface area contributed by atoms with Crippen LogP contribution in [0, 0.1) is 11.6 Å². The predicted molar refractivity (Wildman–Crippen MR) is 107 cm³/mol. The molecule has 0 radical (unpaired) electrons. The number of nitrogens with one attached hydrogen (secondary N) is 2. The standard InChI is InChI=1S/C21H23F2N3O4/c1-3-4-9-26(17-5-7-18(30-2)8-6-17)20(27)19(24-21(28)25-29)12-14-10-15(22)13-16(23)11-14/h3,5-8,10-11,13,19,29H,1,4,9,12H2,2H3,(H2,24,25,28)/t19-/m0/s1. The van der Waals surface area contributed by atoms with E-state index in [9.17, 15) is 18.4 Å². The summed E-state index contributed by atoms with van der Waals surface area (Å²) >= 11 is 0. The van der Waals surface area contributed by atoms with E-state index in [1.807, 2.05) is 0 Å². The maximum atomic E-state index is 13.6. The summed E-state index contributed by atoms with van der Waals surface area (Å²) in [5, 5.41) is 11.2. The molecule has 0 saturated heterocycles. The summed E-state index contributed by atoms with van der Waals surface area (Å²) in [6.07, 6.45) is 1.90. The zero-order chi connectivity index (χ0) is 22.1. The summed E-state index contributed by atoms with van der Waals surface area (Å²) in [6, 6.07) is 7.32. The van der Waals surface area contributed by atoms with Gasteiger partial charge in [-0.25, -0.2) is 19.1 Å². The Balaban J connectivity index is 2.36. The van der Waals surface area contributed by atoms with Crippen LogP contribution in [0.15, 0.2) is 55.1 Å². The maximum absolute atomic E-state index is 13.6. The van der Waals surface area contributed by atoms with Crippen molar-refractivity contribution in [2.45, 2.75) is 18.9 Å². The van der Waals surface area contributed by atoms with Gasteiger partial charge in [-0.15, -0.1) is 6.58 Å². The number of amides is 3. The summed E-state index contributed by atoms with van der Waals surface area (Å²) in [5.41, 5.74) is 2.09. The maximum Gasteiger partial charge on any atom is 0.339 e. The third-order valence-electron chi connectivity index (χ3n) is 4.27. The molecule has 1 atom stereocenters. The van der Waals surface area contributed by atoms with Gasteiger partial charge in [-0.2, -0.15) is 0 Å². The van der Waals surface area contributed by atoms with E-state index in [1.54, 1.807) is 30.3 Å². The van der Waals surface area contributed by atoms with Crippen LogP contribution in [0.3, 0.4) is 0 Å². The largest absolute Gasteiger partial charge is 0.497 e. The lowest BCUT2D eigenvalue weighted by atomic mass is 10.0. The van der Waals surface area contributed by atoms with Gasteiger partial charge in [0, 0.05) is 24.7 Å². The highest BCUT2D eigenvalue weighted by Gasteiger charge is 2.27. The van der Waals surface area contributed by atoms with E-state index in [0.717, 1.165) is 12.1 Å². The van der Waals surface area contributed by atoms with E-state index in [2.05, 4.69) is 11.9 Å². The van der Waals surface area contributed by atoms with Crippen molar-refractivity contribution < 1.29 is 28.3 Å². The fraction of sp³-hybridized carbons (Fsp3) is 0.238. The van der Waals surface area contributed by atoms with E-state index in [-0.39, 0.29) is 18.5 Å². The first-order valence-electron chi connectivity index (χ1n) is 9.09. The van der Waals surface area contributed by atoms with Crippen LogP contribution in [-0.4, -0.2) is 36.8 Å². The molecule has 30 heavy (non-hydrogen) atoms. The van der Waals surface area contributed by atoms with Crippen LogP contribution < -0.4 is 20.4 Å². The second-order valence-electron chi connectivity index (χ2n) is 6.38. The van der Waals surface area contributed by atoms with Crippen molar-refractivity contribution in [2.24, 2.45) is 0 Å². The number of rotatable bonds is 9. The van der Waals surface area contributed by atoms with E-state index >= 15 is 0 Å². The van der Waals surface area contributed by atoms with Crippen LogP contribution in [0.25, 0.3) is 0 Å². The first-order valence-corrected chi connectivity index (χ1v) is 9.09. The smallest absolute Gasteiger partial charge is 0.339 e. The van der Waals surface area contributed by atoms with Gasteiger partial charge in [0.05, 0.1) is 7.11 Å². The molecule has 2 aromatic rings. The molecule has 0 aliphatic carbocycles. The Morgan fingerprint density at radius 1 is 1.20 bits per heavy atom. The van der Waals surface area contributed by atoms with Crippen molar-refractivity contribution in [3.05, 3.63) is 72.3 Å². The van der Waals surface area contributed by atoms with Gasteiger partial charge in [-0.1, -0.05) is 6.08 Å². The minimum Gasteiger partial charge on any atom is -0.497 e. The lowest BCUT2D eigenvalue weighted by Gasteiger charge is -2.28. The molecular formula is C21H23F2N3O4. The molecule has 0 heterocycles. The highest BCUT2D eigenvalue weighted by molar-refractivity contribution is 5.99. The Labute approximate surface area is 172 Å². The van der Waals surface area contributed by atoms with Crippen LogP contribution >= 0.6 is 0 Å². The fourth-order valence-corrected chi connectivity index (χ4v) is 2.89. The molecule has 0 saturated carbocycles. The summed E-state index contributed by atoms with van der Waals surface area (Å²) in [5.74, 6) is -1.54. The fourth-order valence-electron chi connectivity index (χ4n) is 2.89. The van der Waals surface area contributed by atoms with Crippen molar-refractivity contribution in [1.29, 1.82) is 0 Å². The number of carbonyl (C=O) groups excluding carboxylic acids is 2. The van der Waals surface area contributed by atoms with Gasteiger partial charge in [0.1, 0.15) is 23.4 Å². The number of anilines is 1. The molecule has 0 aliphatic heterocycles. The molecule has 3 amide bonds. The molecule has 0 aromatic heterocycles. The Morgan fingerprint density at radius 2 is 1.83 bits per heavy atom. The second kappa shape index (κ2) is 10.9.